The summed E-state index contributed by atoms with van der Waals surface area (Å²) in [6, 6.07) is 19.1. The number of aromatic nitrogens is 4. The van der Waals surface area contributed by atoms with Gasteiger partial charge in [0.15, 0.2) is 0 Å². The molecule has 2 N–H and O–H groups in total. The van der Waals surface area contributed by atoms with Crippen molar-refractivity contribution in [1.29, 1.82) is 0 Å². The van der Waals surface area contributed by atoms with Crippen LogP contribution in [0.1, 0.15) is 11.8 Å². The zero-order valence-corrected chi connectivity index (χ0v) is 18.7. The predicted octanol–water partition coefficient (Wildman–Crippen LogP) is 3.68. The maximum Gasteiger partial charge on any atom is 0.247 e. The van der Waals surface area contributed by atoms with Gasteiger partial charge in [-0.1, -0.05) is 36.4 Å². The highest BCUT2D eigenvalue weighted by Gasteiger charge is 2.18. The SMILES string of the molecule is O[C@H](CSCc1nnc(-c2ccccc2)o1)[C@@H](O)CSCc1nnc(-c2ccccc2)o1. The van der Waals surface area contributed by atoms with Gasteiger partial charge in [0.2, 0.25) is 23.6 Å². The average molecular weight is 471 g/mol. The lowest BCUT2D eigenvalue weighted by atomic mass is 10.2. The van der Waals surface area contributed by atoms with E-state index in [-0.39, 0.29) is 0 Å². The number of nitrogens with zero attached hydrogens (tertiary/aromatic N) is 4. The number of benzene rings is 2. The lowest BCUT2D eigenvalue weighted by molar-refractivity contribution is 0.0499. The second-order valence-electron chi connectivity index (χ2n) is 6.90. The Morgan fingerprint density at radius 3 is 1.44 bits per heavy atom. The Labute approximate surface area is 193 Å². The highest BCUT2D eigenvalue weighted by Crippen LogP contribution is 2.22. The van der Waals surface area contributed by atoms with Gasteiger partial charge in [-0.2, -0.15) is 0 Å². The molecule has 0 saturated heterocycles. The van der Waals surface area contributed by atoms with Crippen LogP contribution in [-0.2, 0) is 11.5 Å². The van der Waals surface area contributed by atoms with Crippen molar-refractivity contribution in [2.24, 2.45) is 0 Å². The molecule has 0 amide bonds. The number of hydrogen-bond donors (Lipinski definition) is 2. The molecule has 0 radical (unpaired) electrons. The molecule has 2 atom stereocenters. The Morgan fingerprint density at radius 2 is 1.03 bits per heavy atom. The van der Waals surface area contributed by atoms with Crippen molar-refractivity contribution < 1.29 is 19.0 Å². The van der Waals surface area contributed by atoms with E-state index in [1.165, 1.54) is 23.5 Å². The molecule has 2 aromatic carbocycles. The van der Waals surface area contributed by atoms with E-state index in [0.29, 0.717) is 46.6 Å². The first kappa shape index (κ1) is 22.5. The fourth-order valence-corrected chi connectivity index (χ4v) is 4.52. The number of aliphatic hydroxyl groups excluding tert-OH is 2. The molecule has 0 aliphatic carbocycles. The van der Waals surface area contributed by atoms with E-state index in [0.717, 1.165) is 11.1 Å². The van der Waals surface area contributed by atoms with Crippen LogP contribution in [0.3, 0.4) is 0 Å². The summed E-state index contributed by atoms with van der Waals surface area (Å²) in [6.45, 7) is 0. The summed E-state index contributed by atoms with van der Waals surface area (Å²) >= 11 is 2.85. The third kappa shape index (κ3) is 6.19. The zero-order chi connectivity index (χ0) is 22.2. The van der Waals surface area contributed by atoms with Crippen molar-refractivity contribution in [2.45, 2.75) is 23.7 Å². The summed E-state index contributed by atoms with van der Waals surface area (Å²) in [5.41, 5.74) is 1.72. The molecule has 2 aromatic heterocycles. The van der Waals surface area contributed by atoms with Crippen molar-refractivity contribution in [3.8, 4) is 22.9 Å². The molecule has 4 rings (SSSR count). The second-order valence-corrected chi connectivity index (χ2v) is 8.96. The number of thioether (sulfide) groups is 2. The first-order valence-corrected chi connectivity index (χ1v) is 12.3. The van der Waals surface area contributed by atoms with Crippen LogP contribution in [0.4, 0.5) is 0 Å². The van der Waals surface area contributed by atoms with Crippen molar-refractivity contribution >= 4 is 23.5 Å². The minimum Gasteiger partial charge on any atom is -0.420 e. The van der Waals surface area contributed by atoms with Gasteiger partial charge in [-0.25, -0.2) is 0 Å². The Morgan fingerprint density at radius 1 is 0.625 bits per heavy atom. The summed E-state index contributed by atoms with van der Waals surface area (Å²) in [5, 5.41) is 36.6. The van der Waals surface area contributed by atoms with Crippen molar-refractivity contribution in [2.75, 3.05) is 11.5 Å². The monoisotopic (exact) mass is 470 g/mol. The van der Waals surface area contributed by atoms with Crippen LogP contribution >= 0.6 is 23.5 Å². The van der Waals surface area contributed by atoms with Gasteiger partial charge in [0.05, 0.1) is 23.7 Å². The topological polar surface area (TPSA) is 118 Å². The van der Waals surface area contributed by atoms with Crippen LogP contribution in [0.5, 0.6) is 0 Å². The molecule has 8 nitrogen and oxygen atoms in total. The molecule has 2 heterocycles. The fourth-order valence-electron chi connectivity index (χ4n) is 2.77. The van der Waals surface area contributed by atoms with E-state index in [9.17, 15) is 10.2 Å². The van der Waals surface area contributed by atoms with Crippen LogP contribution in [0.25, 0.3) is 22.9 Å². The lowest BCUT2D eigenvalue weighted by Gasteiger charge is -2.16. The van der Waals surface area contributed by atoms with Gasteiger partial charge in [-0.05, 0) is 24.3 Å². The molecule has 0 saturated carbocycles. The van der Waals surface area contributed by atoms with E-state index < -0.39 is 12.2 Å². The van der Waals surface area contributed by atoms with Gasteiger partial charge >= 0.3 is 0 Å². The zero-order valence-electron chi connectivity index (χ0n) is 17.1. The van der Waals surface area contributed by atoms with Gasteiger partial charge in [0.25, 0.3) is 0 Å². The van der Waals surface area contributed by atoms with Crippen LogP contribution in [0.2, 0.25) is 0 Å². The Kier molecular flexibility index (Phi) is 7.94. The Hall–Kier alpha value is -2.66. The molecule has 0 aliphatic heterocycles. The van der Waals surface area contributed by atoms with Crippen LogP contribution in [0.15, 0.2) is 69.5 Å². The number of hydrogen-bond acceptors (Lipinski definition) is 10. The first-order chi connectivity index (χ1) is 15.7. The normalized spacial score (nSPS) is 13.2. The minimum atomic E-state index is -0.869. The highest BCUT2D eigenvalue weighted by molar-refractivity contribution is 7.98. The van der Waals surface area contributed by atoms with Gasteiger partial charge in [-0.15, -0.1) is 43.9 Å². The summed E-state index contributed by atoms with van der Waals surface area (Å²) in [6.07, 6.45) is -1.74. The van der Waals surface area contributed by atoms with E-state index in [1.807, 2.05) is 60.7 Å². The lowest BCUT2D eigenvalue weighted by Crippen LogP contribution is -2.30. The molecule has 0 fully saturated rings. The van der Waals surface area contributed by atoms with Crippen LogP contribution in [0, 0.1) is 0 Å². The number of rotatable bonds is 11. The van der Waals surface area contributed by atoms with E-state index in [4.69, 9.17) is 8.83 Å². The molecule has 10 heteroatoms. The molecule has 0 bridgehead atoms. The summed E-state index contributed by atoms with van der Waals surface area (Å²) in [7, 11) is 0. The molecular formula is C22H22N4O4S2. The van der Waals surface area contributed by atoms with Crippen molar-refractivity contribution in [1.82, 2.24) is 20.4 Å². The van der Waals surface area contributed by atoms with Gasteiger partial charge < -0.3 is 19.0 Å². The van der Waals surface area contributed by atoms with Crippen LogP contribution in [-0.4, -0.2) is 54.3 Å². The minimum absolute atomic E-state index is 0.351. The first-order valence-electron chi connectivity index (χ1n) is 9.96. The van der Waals surface area contributed by atoms with Gasteiger partial charge in [0.1, 0.15) is 0 Å². The molecule has 0 spiro atoms. The maximum atomic E-state index is 10.2. The van der Waals surface area contributed by atoms with E-state index in [2.05, 4.69) is 20.4 Å². The van der Waals surface area contributed by atoms with Gasteiger partial charge in [0, 0.05) is 22.6 Å². The maximum absolute atomic E-state index is 10.2. The van der Waals surface area contributed by atoms with E-state index in [1.54, 1.807) is 0 Å². The summed E-state index contributed by atoms with van der Waals surface area (Å²) in [5.74, 6) is 3.52. The fraction of sp³-hybridized carbons (Fsp3) is 0.273. The molecule has 32 heavy (non-hydrogen) atoms. The summed E-state index contributed by atoms with van der Waals surface area (Å²) in [4.78, 5) is 0. The highest BCUT2D eigenvalue weighted by atomic mass is 32.2. The quantitative estimate of drug-likeness (QED) is 0.336. The van der Waals surface area contributed by atoms with Crippen molar-refractivity contribution in [3.63, 3.8) is 0 Å². The molecular weight excluding hydrogens is 448 g/mol. The smallest absolute Gasteiger partial charge is 0.247 e. The molecule has 0 unspecified atom stereocenters. The molecule has 166 valence electrons. The summed E-state index contributed by atoms with van der Waals surface area (Å²) < 4.78 is 11.3. The second kappa shape index (κ2) is 11.3. The Bertz CT molecular complexity index is 1000. The Balaban J connectivity index is 1.16. The average Bonchev–Trinajstić information content (AvgIpc) is 3.50. The predicted molar refractivity (Wildman–Crippen MR) is 124 cm³/mol. The third-order valence-electron chi connectivity index (χ3n) is 4.45. The third-order valence-corrected chi connectivity index (χ3v) is 6.50. The molecule has 4 aromatic rings. The van der Waals surface area contributed by atoms with Gasteiger partial charge in [-0.3, -0.25) is 0 Å². The van der Waals surface area contributed by atoms with Crippen molar-refractivity contribution in [3.05, 3.63) is 72.4 Å². The van der Waals surface area contributed by atoms with E-state index >= 15 is 0 Å². The number of aliphatic hydroxyl groups is 2. The standard InChI is InChI=1S/C22H22N4O4S2/c27-17(11-31-13-19-23-25-21(29-19)15-7-3-1-4-8-15)18(28)12-32-14-20-24-26-22(30-20)16-9-5-2-6-10-16/h1-10,17-18,27-28H,11-14H2/t17-,18+. The van der Waals surface area contributed by atoms with Crippen LogP contribution < -0.4 is 0 Å². The molecule has 0 aliphatic rings. The largest absolute Gasteiger partial charge is 0.420 e.